The van der Waals surface area contributed by atoms with Gasteiger partial charge in [0.15, 0.2) is 5.17 Å². The topological polar surface area (TPSA) is 41.9 Å². The average Bonchev–Trinajstić information content (AvgIpc) is 3.08. The third-order valence-corrected chi connectivity index (χ3v) is 6.22. The minimum Gasteiger partial charge on any atom is -0.489 e. The fraction of sp³-hybridized carbons (Fsp3) is 0.185. The molecule has 0 N–H and O–H groups in total. The maximum absolute atomic E-state index is 13.3. The smallest absolute Gasteiger partial charge is 0.266 e. The van der Waals surface area contributed by atoms with Crippen LogP contribution in [0.3, 0.4) is 0 Å². The molecule has 34 heavy (non-hydrogen) atoms. The van der Waals surface area contributed by atoms with E-state index in [0.717, 1.165) is 16.8 Å². The summed E-state index contributed by atoms with van der Waals surface area (Å²) in [5.41, 5.74) is 2.39. The summed E-state index contributed by atoms with van der Waals surface area (Å²) in [5.74, 6) is 0.627. The fourth-order valence-corrected chi connectivity index (χ4v) is 4.48. The number of aliphatic imine (C=N–C) groups is 1. The second-order valence-electron chi connectivity index (χ2n) is 8.28. The Bertz CT molecular complexity index is 1220. The van der Waals surface area contributed by atoms with Crippen LogP contribution < -0.4 is 4.74 Å². The Labute approximate surface area is 208 Å². The predicted octanol–water partition coefficient (Wildman–Crippen LogP) is 7.32. The Hall–Kier alpha value is -3.09. The molecule has 1 fully saturated rings. The zero-order valence-electron chi connectivity index (χ0n) is 18.9. The van der Waals surface area contributed by atoms with Gasteiger partial charge in [-0.25, -0.2) is 9.38 Å². The van der Waals surface area contributed by atoms with Gasteiger partial charge in [-0.3, -0.25) is 9.69 Å². The number of ether oxygens (including phenoxy) is 1. The quantitative estimate of drug-likeness (QED) is 0.323. The predicted molar refractivity (Wildman–Crippen MR) is 138 cm³/mol. The highest BCUT2D eigenvalue weighted by Crippen LogP contribution is 2.35. The molecule has 0 saturated carbocycles. The molecule has 0 spiro atoms. The van der Waals surface area contributed by atoms with Gasteiger partial charge in [-0.15, -0.1) is 0 Å². The molecule has 3 aromatic carbocycles. The molecule has 0 bridgehead atoms. The van der Waals surface area contributed by atoms with Crippen LogP contribution in [0.1, 0.15) is 25.0 Å². The first-order valence-corrected chi connectivity index (χ1v) is 12.1. The minimum atomic E-state index is -0.285. The van der Waals surface area contributed by atoms with Gasteiger partial charge in [-0.1, -0.05) is 49.7 Å². The summed E-state index contributed by atoms with van der Waals surface area (Å²) in [6.07, 6.45) is 1.86. The number of benzene rings is 3. The summed E-state index contributed by atoms with van der Waals surface area (Å²) in [6, 6.07) is 21.0. The first-order valence-electron chi connectivity index (χ1n) is 10.9. The number of rotatable bonds is 7. The van der Waals surface area contributed by atoms with Crippen molar-refractivity contribution in [3.63, 3.8) is 0 Å². The molecule has 1 saturated heterocycles. The zero-order chi connectivity index (χ0) is 24.1. The molecular formula is C27H24ClFN2O2S. The van der Waals surface area contributed by atoms with Gasteiger partial charge in [-0.2, -0.15) is 0 Å². The summed E-state index contributed by atoms with van der Waals surface area (Å²) in [7, 11) is 0. The average molecular weight is 495 g/mol. The van der Waals surface area contributed by atoms with Crippen molar-refractivity contribution in [2.24, 2.45) is 10.9 Å². The van der Waals surface area contributed by atoms with Gasteiger partial charge in [-0.05, 0) is 83.4 Å². The van der Waals surface area contributed by atoms with Gasteiger partial charge < -0.3 is 4.74 Å². The lowest BCUT2D eigenvalue weighted by atomic mass is 10.2. The number of halogens is 2. The number of amidine groups is 1. The Kier molecular flexibility index (Phi) is 7.70. The fourth-order valence-electron chi connectivity index (χ4n) is 3.35. The van der Waals surface area contributed by atoms with Gasteiger partial charge in [0, 0.05) is 11.6 Å². The van der Waals surface area contributed by atoms with Crippen LogP contribution in [0.15, 0.2) is 82.7 Å². The first-order chi connectivity index (χ1) is 16.4. The maximum atomic E-state index is 13.3. The molecule has 0 unspecified atom stereocenters. The van der Waals surface area contributed by atoms with Crippen molar-refractivity contribution in [3.05, 3.63) is 99.7 Å². The highest BCUT2D eigenvalue weighted by molar-refractivity contribution is 8.18. The Morgan fingerprint density at radius 1 is 1.09 bits per heavy atom. The number of nitrogens with zero attached hydrogens (tertiary/aromatic N) is 2. The summed E-state index contributed by atoms with van der Waals surface area (Å²) in [5, 5.41) is 1.30. The van der Waals surface area contributed by atoms with Crippen LogP contribution in [-0.2, 0) is 11.4 Å². The van der Waals surface area contributed by atoms with Crippen molar-refractivity contribution in [2.45, 2.75) is 20.5 Å². The molecule has 1 aliphatic rings. The Morgan fingerprint density at radius 2 is 1.82 bits per heavy atom. The number of hydrogen-bond donors (Lipinski definition) is 0. The molecular weight excluding hydrogens is 471 g/mol. The molecule has 1 heterocycles. The van der Waals surface area contributed by atoms with E-state index in [1.54, 1.807) is 23.1 Å². The third kappa shape index (κ3) is 6.27. The van der Waals surface area contributed by atoms with Gasteiger partial charge in [0.25, 0.3) is 5.91 Å². The highest BCUT2D eigenvalue weighted by atomic mass is 35.5. The molecule has 1 aliphatic heterocycles. The zero-order valence-corrected chi connectivity index (χ0v) is 20.4. The summed E-state index contributed by atoms with van der Waals surface area (Å²) >= 11 is 7.34. The van der Waals surface area contributed by atoms with E-state index in [9.17, 15) is 9.18 Å². The van der Waals surface area contributed by atoms with Gasteiger partial charge >= 0.3 is 0 Å². The standard InChI is InChI=1S/C27H24ClFN2O2S/c1-18(2)16-31-26(32)25(34-27(31)30-23-10-8-21(28)9-11-23)15-19-6-12-24(13-7-19)33-17-20-4-3-5-22(29)14-20/h3-15,18H,16-17H2,1-2H3/b25-15-,30-27?. The third-order valence-electron chi connectivity index (χ3n) is 4.96. The van der Waals surface area contributed by atoms with Crippen molar-refractivity contribution < 1.29 is 13.9 Å². The van der Waals surface area contributed by atoms with E-state index in [-0.39, 0.29) is 18.3 Å². The normalized spacial score (nSPS) is 16.1. The molecule has 4 nitrogen and oxygen atoms in total. The van der Waals surface area contributed by atoms with Crippen molar-refractivity contribution in [3.8, 4) is 5.75 Å². The molecule has 0 aromatic heterocycles. The van der Waals surface area contributed by atoms with E-state index >= 15 is 0 Å². The van der Waals surface area contributed by atoms with Crippen molar-refractivity contribution >= 4 is 46.2 Å². The van der Waals surface area contributed by atoms with Crippen LogP contribution in [0.25, 0.3) is 6.08 Å². The lowest BCUT2D eigenvalue weighted by Gasteiger charge is -2.17. The largest absolute Gasteiger partial charge is 0.489 e. The van der Waals surface area contributed by atoms with Crippen molar-refractivity contribution in [1.29, 1.82) is 0 Å². The summed E-state index contributed by atoms with van der Waals surface area (Å²) in [6.45, 7) is 5.01. The molecule has 7 heteroatoms. The van der Waals surface area contributed by atoms with E-state index in [1.165, 1.54) is 23.9 Å². The van der Waals surface area contributed by atoms with Gasteiger partial charge in [0.1, 0.15) is 18.2 Å². The van der Waals surface area contributed by atoms with E-state index in [4.69, 9.17) is 16.3 Å². The maximum Gasteiger partial charge on any atom is 0.266 e. The van der Waals surface area contributed by atoms with Gasteiger partial charge in [0.05, 0.1) is 10.6 Å². The SMILES string of the molecule is CC(C)CN1C(=O)/C(=C/c2ccc(OCc3cccc(F)c3)cc2)SC1=Nc1ccc(Cl)cc1. The van der Waals surface area contributed by atoms with Crippen LogP contribution in [0.4, 0.5) is 10.1 Å². The molecule has 4 rings (SSSR count). The summed E-state index contributed by atoms with van der Waals surface area (Å²) in [4.78, 5) is 20.2. The number of carbonyl (C=O) groups is 1. The minimum absolute atomic E-state index is 0.0576. The molecule has 0 aliphatic carbocycles. The molecule has 3 aromatic rings. The van der Waals surface area contributed by atoms with Crippen LogP contribution >= 0.6 is 23.4 Å². The van der Waals surface area contributed by atoms with E-state index in [1.807, 2.05) is 48.5 Å². The number of amides is 1. The highest BCUT2D eigenvalue weighted by Gasteiger charge is 2.33. The van der Waals surface area contributed by atoms with Crippen LogP contribution in [-0.4, -0.2) is 22.5 Å². The van der Waals surface area contributed by atoms with Crippen LogP contribution in [0.5, 0.6) is 5.75 Å². The van der Waals surface area contributed by atoms with E-state index in [2.05, 4.69) is 18.8 Å². The molecule has 174 valence electrons. The second kappa shape index (κ2) is 10.9. The number of carbonyl (C=O) groups excluding carboxylic acids is 1. The lowest BCUT2D eigenvalue weighted by molar-refractivity contribution is -0.122. The number of hydrogen-bond acceptors (Lipinski definition) is 4. The molecule has 0 atom stereocenters. The second-order valence-corrected chi connectivity index (χ2v) is 9.72. The first kappa shape index (κ1) is 24.0. The van der Waals surface area contributed by atoms with Crippen molar-refractivity contribution in [2.75, 3.05) is 6.54 Å². The lowest BCUT2D eigenvalue weighted by Crippen LogP contribution is -2.32. The summed E-state index contributed by atoms with van der Waals surface area (Å²) < 4.78 is 19.1. The van der Waals surface area contributed by atoms with E-state index < -0.39 is 0 Å². The van der Waals surface area contributed by atoms with E-state index in [0.29, 0.717) is 33.3 Å². The molecule has 0 radical (unpaired) electrons. The van der Waals surface area contributed by atoms with Crippen LogP contribution in [0.2, 0.25) is 5.02 Å². The monoisotopic (exact) mass is 494 g/mol. The van der Waals surface area contributed by atoms with Crippen LogP contribution in [0, 0.1) is 11.7 Å². The Morgan fingerprint density at radius 3 is 2.50 bits per heavy atom. The number of thioether (sulfide) groups is 1. The van der Waals surface area contributed by atoms with Gasteiger partial charge in [0.2, 0.25) is 0 Å². The van der Waals surface area contributed by atoms with Crippen molar-refractivity contribution in [1.82, 2.24) is 4.90 Å². The Balaban J connectivity index is 1.49. The molecule has 1 amide bonds.